The van der Waals surface area contributed by atoms with Crippen LogP contribution in [0.4, 0.5) is 5.69 Å². The number of rotatable bonds is 5. The van der Waals surface area contributed by atoms with Gasteiger partial charge in [0.05, 0.1) is 11.6 Å². The summed E-state index contributed by atoms with van der Waals surface area (Å²) in [5.74, 6) is 0.0683. The fraction of sp³-hybridized carbons (Fsp3) is 0.150. The largest absolute Gasteiger partial charge is 0.484 e. The molecule has 1 amide bonds. The summed E-state index contributed by atoms with van der Waals surface area (Å²) >= 11 is 0. The van der Waals surface area contributed by atoms with Crippen molar-refractivity contribution >= 4 is 22.6 Å². The second-order valence-electron chi connectivity index (χ2n) is 5.63. The van der Waals surface area contributed by atoms with E-state index in [4.69, 9.17) is 14.4 Å². The number of fused-ring (bicyclic) bond motifs is 1. The molecule has 2 aromatic carbocycles. The van der Waals surface area contributed by atoms with Gasteiger partial charge in [0, 0.05) is 23.2 Å². The van der Waals surface area contributed by atoms with Gasteiger partial charge >= 0.3 is 5.63 Å². The fourth-order valence-electron chi connectivity index (χ4n) is 2.60. The Morgan fingerprint density at radius 3 is 2.85 bits per heavy atom. The van der Waals surface area contributed by atoms with E-state index in [1.54, 1.807) is 42.5 Å². The molecule has 0 aliphatic heterocycles. The van der Waals surface area contributed by atoms with Gasteiger partial charge in [0.1, 0.15) is 11.3 Å². The molecule has 0 atom stereocenters. The van der Waals surface area contributed by atoms with Crippen molar-refractivity contribution in [2.24, 2.45) is 0 Å². The van der Waals surface area contributed by atoms with Crippen molar-refractivity contribution in [2.75, 3.05) is 11.9 Å². The second kappa shape index (κ2) is 7.53. The highest BCUT2D eigenvalue weighted by molar-refractivity contribution is 5.92. The lowest BCUT2D eigenvalue weighted by atomic mass is 10.1. The number of hydrogen-bond acceptors (Lipinski definition) is 5. The van der Waals surface area contributed by atoms with Gasteiger partial charge in [-0.15, -0.1) is 0 Å². The molecule has 1 aromatic heterocycles. The van der Waals surface area contributed by atoms with E-state index in [1.807, 2.05) is 13.0 Å². The summed E-state index contributed by atoms with van der Waals surface area (Å²) in [6.07, 6.45) is 0.715. The van der Waals surface area contributed by atoms with E-state index in [0.29, 0.717) is 29.0 Å². The predicted molar refractivity (Wildman–Crippen MR) is 97.1 cm³/mol. The van der Waals surface area contributed by atoms with Crippen LogP contribution in [0.15, 0.2) is 57.7 Å². The number of aryl methyl sites for hydroxylation is 1. The summed E-state index contributed by atoms with van der Waals surface area (Å²) in [5.41, 5.74) is 1.89. The van der Waals surface area contributed by atoms with Crippen molar-refractivity contribution in [3.8, 4) is 11.8 Å². The van der Waals surface area contributed by atoms with Crippen LogP contribution in [0, 0.1) is 11.3 Å². The van der Waals surface area contributed by atoms with Gasteiger partial charge in [0.25, 0.3) is 5.91 Å². The quantitative estimate of drug-likeness (QED) is 0.715. The standard InChI is InChI=1S/C20H16N2O4/c1-2-14-9-20(24)26-18-10-16(6-7-17(14)18)25-12-19(23)22-15-5-3-4-13(8-15)11-21/h3-10H,2,12H2,1H3,(H,22,23). The number of nitrogens with zero attached hydrogens (tertiary/aromatic N) is 1. The average molecular weight is 348 g/mol. The van der Waals surface area contributed by atoms with E-state index in [2.05, 4.69) is 5.32 Å². The average Bonchev–Trinajstić information content (AvgIpc) is 2.65. The molecule has 0 saturated heterocycles. The number of nitrogens with one attached hydrogen (secondary N) is 1. The van der Waals surface area contributed by atoms with E-state index in [-0.39, 0.29) is 12.5 Å². The number of amides is 1. The van der Waals surface area contributed by atoms with Crippen molar-refractivity contribution in [1.82, 2.24) is 0 Å². The SMILES string of the molecule is CCc1cc(=O)oc2cc(OCC(=O)Nc3cccc(C#N)c3)ccc12. The third kappa shape index (κ3) is 3.90. The molecule has 0 aliphatic rings. The van der Waals surface area contributed by atoms with Crippen LogP contribution in [0.1, 0.15) is 18.1 Å². The summed E-state index contributed by atoms with van der Waals surface area (Å²) in [4.78, 5) is 23.6. The molecule has 0 fully saturated rings. The van der Waals surface area contributed by atoms with E-state index in [0.717, 1.165) is 10.9 Å². The van der Waals surface area contributed by atoms with Gasteiger partial charge in [0.2, 0.25) is 0 Å². The zero-order valence-corrected chi connectivity index (χ0v) is 14.1. The first kappa shape index (κ1) is 17.2. The molecule has 130 valence electrons. The minimum Gasteiger partial charge on any atom is -0.484 e. The number of anilines is 1. The predicted octanol–water partition coefficient (Wildman–Crippen LogP) is 3.24. The van der Waals surface area contributed by atoms with Gasteiger partial charge in [0.15, 0.2) is 6.61 Å². The summed E-state index contributed by atoms with van der Waals surface area (Å²) in [5, 5.41) is 12.4. The topological polar surface area (TPSA) is 92.3 Å². The molecule has 3 rings (SSSR count). The highest BCUT2D eigenvalue weighted by Crippen LogP contribution is 2.23. The van der Waals surface area contributed by atoms with Gasteiger partial charge in [-0.05, 0) is 42.3 Å². The van der Waals surface area contributed by atoms with Gasteiger partial charge in [-0.3, -0.25) is 4.79 Å². The van der Waals surface area contributed by atoms with Crippen molar-refractivity contribution in [1.29, 1.82) is 5.26 Å². The molecule has 0 aliphatic carbocycles. The maximum absolute atomic E-state index is 12.0. The van der Waals surface area contributed by atoms with E-state index >= 15 is 0 Å². The summed E-state index contributed by atoms with van der Waals surface area (Å²) in [6, 6.07) is 15.2. The van der Waals surface area contributed by atoms with Crippen LogP contribution < -0.4 is 15.7 Å². The monoisotopic (exact) mass is 348 g/mol. The summed E-state index contributed by atoms with van der Waals surface area (Å²) in [6.45, 7) is 1.75. The fourth-order valence-corrected chi connectivity index (χ4v) is 2.60. The lowest BCUT2D eigenvalue weighted by Gasteiger charge is -2.09. The molecular formula is C20H16N2O4. The van der Waals surface area contributed by atoms with Crippen molar-refractivity contribution in [3.05, 3.63) is 70.1 Å². The zero-order chi connectivity index (χ0) is 18.5. The smallest absolute Gasteiger partial charge is 0.336 e. The minimum atomic E-state index is -0.415. The third-order valence-corrected chi connectivity index (χ3v) is 3.83. The number of carbonyl (C=O) groups excluding carboxylic acids is 1. The zero-order valence-electron chi connectivity index (χ0n) is 14.1. The molecule has 0 radical (unpaired) electrons. The Bertz CT molecular complexity index is 1060. The number of benzene rings is 2. The number of ether oxygens (including phenoxy) is 1. The Balaban J connectivity index is 1.70. The van der Waals surface area contributed by atoms with E-state index in [9.17, 15) is 9.59 Å². The maximum Gasteiger partial charge on any atom is 0.336 e. The molecule has 1 N–H and O–H groups in total. The molecule has 0 bridgehead atoms. The maximum atomic E-state index is 12.0. The first-order chi connectivity index (χ1) is 12.6. The molecule has 6 heteroatoms. The minimum absolute atomic E-state index is 0.208. The van der Waals surface area contributed by atoms with Gasteiger partial charge in [-0.25, -0.2) is 4.79 Å². The number of hydrogen-bond donors (Lipinski definition) is 1. The highest BCUT2D eigenvalue weighted by Gasteiger charge is 2.08. The van der Waals surface area contributed by atoms with Gasteiger partial charge in [-0.2, -0.15) is 5.26 Å². The molecule has 6 nitrogen and oxygen atoms in total. The number of carbonyl (C=O) groups is 1. The van der Waals surface area contributed by atoms with Crippen LogP contribution >= 0.6 is 0 Å². The molecule has 0 unspecified atom stereocenters. The van der Waals surface area contributed by atoms with Crippen LogP contribution in [-0.2, 0) is 11.2 Å². The van der Waals surface area contributed by atoms with Crippen molar-refractivity contribution in [2.45, 2.75) is 13.3 Å². The van der Waals surface area contributed by atoms with Gasteiger partial charge in [-0.1, -0.05) is 13.0 Å². The Morgan fingerprint density at radius 1 is 1.23 bits per heavy atom. The lowest BCUT2D eigenvalue weighted by molar-refractivity contribution is -0.118. The van der Waals surface area contributed by atoms with E-state index in [1.165, 1.54) is 6.07 Å². The van der Waals surface area contributed by atoms with Gasteiger partial charge < -0.3 is 14.5 Å². The molecule has 3 aromatic rings. The summed E-state index contributed by atoms with van der Waals surface area (Å²) in [7, 11) is 0. The molecule has 0 spiro atoms. The number of nitriles is 1. The van der Waals surface area contributed by atoms with Crippen LogP contribution in [0.25, 0.3) is 11.0 Å². The molecule has 1 heterocycles. The Kier molecular flexibility index (Phi) is 4.99. The normalized spacial score (nSPS) is 10.3. The Morgan fingerprint density at radius 2 is 2.08 bits per heavy atom. The van der Waals surface area contributed by atoms with E-state index < -0.39 is 5.63 Å². The van der Waals surface area contributed by atoms with Crippen LogP contribution in [-0.4, -0.2) is 12.5 Å². The summed E-state index contributed by atoms with van der Waals surface area (Å²) < 4.78 is 10.7. The highest BCUT2D eigenvalue weighted by atomic mass is 16.5. The van der Waals surface area contributed by atoms with Crippen LogP contribution in [0.2, 0.25) is 0 Å². The third-order valence-electron chi connectivity index (χ3n) is 3.83. The van der Waals surface area contributed by atoms with Crippen molar-refractivity contribution < 1.29 is 13.9 Å². The van der Waals surface area contributed by atoms with Crippen molar-refractivity contribution in [3.63, 3.8) is 0 Å². The van der Waals surface area contributed by atoms with Crippen LogP contribution in [0.5, 0.6) is 5.75 Å². The van der Waals surface area contributed by atoms with Crippen LogP contribution in [0.3, 0.4) is 0 Å². The second-order valence-corrected chi connectivity index (χ2v) is 5.63. The first-order valence-electron chi connectivity index (χ1n) is 8.08. The first-order valence-corrected chi connectivity index (χ1v) is 8.08. The Labute approximate surface area is 149 Å². The lowest BCUT2D eigenvalue weighted by Crippen LogP contribution is -2.20. The molecular weight excluding hydrogens is 332 g/mol. The molecule has 0 saturated carbocycles. The Hall–Kier alpha value is -3.59. The molecule has 26 heavy (non-hydrogen) atoms.